The summed E-state index contributed by atoms with van der Waals surface area (Å²) in [7, 11) is 1.64. The van der Waals surface area contributed by atoms with Crippen molar-refractivity contribution in [3.63, 3.8) is 0 Å². The van der Waals surface area contributed by atoms with Crippen molar-refractivity contribution in [2.75, 3.05) is 7.11 Å². The molecule has 2 heterocycles. The average molecular weight is 430 g/mol. The molecule has 3 aromatic rings. The molecule has 0 bridgehead atoms. The second-order valence-electron chi connectivity index (χ2n) is 7.02. The summed E-state index contributed by atoms with van der Waals surface area (Å²) in [5, 5.41) is 2.03. The highest BCUT2D eigenvalue weighted by Gasteiger charge is 2.29. The van der Waals surface area contributed by atoms with Crippen LogP contribution in [0.25, 0.3) is 0 Å². The minimum absolute atomic E-state index is 0.0532. The standard InChI is InChI=1S/C21H23N3O3S2/c1-26-19-9-8-15(11-20(19)27-14-17-7-4-10-28-17)13-24(16-5-2-3-6-16)21(25)18-12-22-29-23-18/h4,7-12,16H,2-3,5-6,13-14H2,1H3. The molecule has 1 saturated carbocycles. The fourth-order valence-corrected chi connectivity index (χ4v) is 4.68. The van der Waals surface area contributed by atoms with Gasteiger partial charge in [0.1, 0.15) is 6.61 Å². The van der Waals surface area contributed by atoms with Gasteiger partial charge in [-0.05, 0) is 42.0 Å². The Morgan fingerprint density at radius 1 is 1.24 bits per heavy atom. The Balaban J connectivity index is 1.54. The van der Waals surface area contributed by atoms with Gasteiger partial charge in [0.2, 0.25) is 0 Å². The molecule has 1 aromatic carbocycles. The molecule has 0 aliphatic heterocycles. The number of carbonyl (C=O) groups excluding carboxylic acids is 1. The normalized spacial score (nSPS) is 14.1. The van der Waals surface area contributed by atoms with Crippen molar-refractivity contribution >= 4 is 29.0 Å². The zero-order chi connectivity index (χ0) is 20.1. The number of rotatable bonds is 8. The Hall–Kier alpha value is -2.45. The summed E-state index contributed by atoms with van der Waals surface area (Å²) in [6, 6.07) is 10.2. The molecule has 0 unspecified atom stereocenters. The van der Waals surface area contributed by atoms with Crippen LogP contribution in [-0.4, -0.2) is 32.7 Å². The third-order valence-corrected chi connectivity index (χ3v) is 6.47. The molecule has 4 rings (SSSR count). The third kappa shape index (κ3) is 4.76. The van der Waals surface area contributed by atoms with Crippen molar-refractivity contribution in [2.45, 2.75) is 44.9 Å². The zero-order valence-corrected chi connectivity index (χ0v) is 17.9. The van der Waals surface area contributed by atoms with Crippen LogP contribution in [-0.2, 0) is 13.2 Å². The van der Waals surface area contributed by atoms with Crippen molar-refractivity contribution < 1.29 is 14.3 Å². The second-order valence-corrected chi connectivity index (χ2v) is 8.61. The van der Waals surface area contributed by atoms with Gasteiger partial charge < -0.3 is 14.4 Å². The highest BCUT2D eigenvalue weighted by Crippen LogP contribution is 2.32. The van der Waals surface area contributed by atoms with Gasteiger partial charge in [0, 0.05) is 17.5 Å². The summed E-state index contributed by atoms with van der Waals surface area (Å²) >= 11 is 2.72. The van der Waals surface area contributed by atoms with Crippen molar-refractivity contribution in [1.29, 1.82) is 0 Å². The zero-order valence-electron chi connectivity index (χ0n) is 16.2. The number of aromatic nitrogens is 2. The molecule has 0 radical (unpaired) electrons. The lowest BCUT2D eigenvalue weighted by molar-refractivity contribution is 0.0659. The first-order chi connectivity index (χ1) is 14.2. The van der Waals surface area contributed by atoms with Crippen LogP contribution in [0.1, 0.15) is 46.6 Å². The highest BCUT2D eigenvalue weighted by atomic mass is 32.1. The Kier molecular flexibility index (Phi) is 6.41. The largest absolute Gasteiger partial charge is 0.493 e. The monoisotopic (exact) mass is 429 g/mol. The lowest BCUT2D eigenvalue weighted by Gasteiger charge is -2.28. The number of thiophene rings is 1. The first kappa shape index (κ1) is 19.8. The lowest BCUT2D eigenvalue weighted by Crippen LogP contribution is -2.38. The van der Waals surface area contributed by atoms with Crippen LogP contribution in [0.15, 0.2) is 41.9 Å². The maximum Gasteiger partial charge on any atom is 0.275 e. The van der Waals surface area contributed by atoms with Crippen LogP contribution in [0.2, 0.25) is 0 Å². The van der Waals surface area contributed by atoms with E-state index in [2.05, 4.69) is 8.75 Å². The molecule has 152 valence electrons. The number of ether oxygens (including phenoxy) is 2. The van der Waals surface area contributed by atoms with Crippen molar-refractivity contribution in [3.8, 4) is 11.5 Å². The Morgan fingerprint density at radius 2 is 2.10 bits per heavy atom. The Morgan fingerprint density at radius 3 is 2.79 bits per heavy atom. The summed E-state index contributed by atoms with van der Waals surface area (Å²) < 4.78 is 19.6. The lowest BCUT2D eigenvalue weighted by atomic mass is 10.1. The fourth-order valence-electron chi connectivity index (χ4n) is 3.66. The van der Waals surface area contributed by atoms with Crippen molar-refractivity contribution in [2.24, 2.45) is 0 Å². The fraction of sp³-hybridized carbons (Fsp3) is 0.381. The minimum Gasteiger partial charge on any atom is -0.493 e. The number of benzene rings is 1. The summed E-state index contributed by atoms with van der Waals surface area (Å²) in [5.74, 6) is 1.32. The molecule has 6 nitrogen and oxygen atoms in total. The first-order valence-corrected chi connectivity index (χ1v) is 11.3. The van der Waals surface area contributed by atoms with E-state index < -0.39 is 0 Å². The summed E-state index contributed by atoms with van der Waals surface area (Å²) in [6.07, 6.45) is 5.92. The van der Waals surface area contributed by atoms with Gasteiger partial charge in [-0.1, -0.05) is 25.0 Å². The van der Waals surface area contributed by atoms with Crippen LogP contribution in [0, 0.1) is 0 Å². The van der Waals surface area contributed by atoms with E-state index in [0.717, 1.165) is 47.9 Å². The molecule has 29 heavy (non-hydrogen) atoms. The van der Waals surface area contributed by atoms with E-state index >= 15 is 0 Å². The molecular weight excluding hydrogens is 406 g/mol. The second kappa shape index (κ2) is 9.37. The van der Waals surface area contributed by atoms with E-state index in [1.54, 1.807) is 24.6 Å². The van der Waals surface area contributed by atoms with Crippen LogP contribution in [0.4, 0.5) is 0 Å². The van der Waals surface area contributed by atoms with E-state index in [4.69, 9.17) is 9.47 Å². The molecule has 0 atom stereocenters. The molecule has 1 amide bonds. The van der Waals surface area contributed by atoms with Crippen LogP contribution >= 0.6 is 23.1 Å². The summed E-state index contributed by atoms with van der Waals surface area (Å²) in [6.45, 7) is 1.01. The number of nitrogens with zero attached hydrogens (tertiary/aromatic N) is 3. The molecular formula is C21H23N3O3S2. The number of hydrogen-bond acceptors (Lipinski definition) is 7. The van der Waals surface area contributed by atoms with E-state index in [9.17, 15) is 4.79 Å². The maximum atomic E-state index is 13.1. The van der Waals surface area contributed by atoms with E-state index in [1.807, 2.05) is 40.6 Å². The number of hydrogen-bond donors (Lipinski definition) is 0. The van der Waals surface area contributed by atoms with Gasteiger partial charge in [-0.15, -0.1) is 11.3 Å². The van der Waals surface area contributed by atoms with E-state index in [-0.39, 0.29) is 11.9 Å². The Bertz CT molecular complexity index is 923. The molecule has 2 aromatic heterocycles. The van der Waals surface area contributed by atoms with E-state index in [1.165, 1.54) is 0 Å². The van der Waals surface area contributed by atoms with Gasteiger partial charge in [0.25, 0.3) is 5.91 Å². The van der Waals surface area contributed by atoms with Crippen LogP contribution < -0.4 is 9.47 Å². The van der Waals surface area contributed by atoms with Gasteiger partial charge in [0.15, 0.2) is 17.2 Å². The van der Waals surface area contributed by atoms with Crippen LogP contribution in [0.3, 0.4) is 0 Å². The number of amides is 1. The molecule has 1 aliphatic carbocycles. The van der Waals surface area contributed by atoms with Gasteiger partial charge in [-0.25, -0.2) is 0 Å². The van der Waals surface area contributed by atoms with E-state index in [0.29, 0.717) is 30.3 Å². The number of methoxy groups -OCH3 is 1. The Labute approximate surface area is 178 Å². The molecule has 1 fully saturated rings. The summed E-state index contributed by atoms with van der Waals surface area (Å²) in [4.78, 5) is 16.2. The quantitative estimate of drug-likeness (QED) is 0.516. The van der Waals surface area contributed by atoms with Crippen molar-refractivity contribution in [1.82, 2.24) is 13.6 Å². The van der Waals surface area contributed by atoms with Gasteiger partial charge >= 0.3 is 0 Å². The molecule has 1 aliphatic rings. The predicted octanol–water partition coefficient (Wildman–Crippen LogP) is 4.77. The minimum atomic E-state index is -0.0532. The average Bonchev–Trinajstić information content (AvgIpc) is 3.52. The van der Waals surface area contributed by atoms with Crippen LogP contribution in [0.5, 0.6) is 11.5 Å². The van der Waals surface area contributed by atoms with Gasteiger partial charge in [0.05, 0.1) is 25.0 Å². The smallest absolute Gasteiger partial charge is 0.275 e. The summed E-state index contributed by atoms with van der Waals surface area (Å²) in [5.41, 5.74) is 1.43. The van der Waals surface area contributed by atoms with Crippen molar-refractivity contribution in [3.05, 3.63) is 58.0 Å². The topological polar surface area (TPSA) is 64.5 Å². The predicted molar refractivity (Wildman–Crippen MR) is 114 cm³/mol. The van der Waals surface area contributed by atoms with Gasteiger partial charge in [-0.3, -0.25) is 4.79 Å². The molecule has 0 spiro atoms. The molecule has 0 saturated heterocycles. The molecule has 0 N–H and O–H groups in total. The van der Waals surface area contributed by atoms with Gasteiger partial charge in [-0.2, -0.15) is 8.75 Å². The number of carbonyl (C=O) groups is 1. The highest BCUT2D eigenvalue weighted by molar-refractivity contribution is 7.09. The maximum absolute atomic E-state index is 13.1. The first-order valence-electron chi connectivity index (χ1n) is 9.65. The SMILES string of the molecule is COc1ccc(CN(C(=O)c2cnsn2)C2CCCC2)cc1OCc1cccs1. The third-order valence-electron chi connectivity index (χ3n) is 5.14. The molecule has 8 heteroatoms.